The molecule has 0 aliphatic carbocycles. The third kappa shape index (κ3) is 6.28. The number of hydrogen-bond donors (Lipinski definition) is 2. The Morgan fingerprint density at radius 3 is 2.68 bits per heavy atom. The van der Waals surface area contributed by atoms with E-state index in [1.54, 1.807) is 43.5 Å². The molecule has 25 heavy (non-hydrogen) atoms. The lowest BCUT2D eigenvalue weighted by Crippen LogP contribution is -2.45. The van der Waals surface area contributed by atoms with E-state index in [2.05, 4.69) is 20.6 Å². The second-order valence-electron chi connectivity index (χ2n) is 6.00. The fourth-order valence-electron chi connectivity index (χ4n) is 2.05. The number of aromatic nitrogens is 2. The Kier molecular flexibility index (Phi) is 8.30. The SMILES string of the molecule is CN=C(NCc1ccc(-n2ccnc2)c(F)c1)NCC(C)(C)OC.I. The van der Waals surface area contributed by atoms with Crippen LogP contribution in [0.1, 0.15) is 19.4 Å². The van der Waals surface area contributed by atoms with Gasteiger partial charge in [0.15, 0.2) is 5.96 Å². The van der Waals surface area contributed by atoms with E-state index < -0.39 is 0 Å². The molecule has 8 heteroatoms. The quantitative estimate of drug-likeness (QED) is 0.395. The van der Waals surface area contributed by atoms with Crippen LogP contribution in [0.2, 0.25) is 0 Å². The molecule has 0 amide bonds. The summed E-state index contributed by atoms with van der Waals surface area (Å²) >= 11 is 0. The van der Waals surface area contributed by atoms with Crippen LogP contribution >= 0.6 is 24.0 Å². The van der Waals surface area contributed by atoms with Gasteiger partial charge in [0.2, 0.25) is 0 Å². The van der Waals surface area contributed by atoms with Crippen LogP contribution in [0, 0.1) is 5.82 Å². The van der Waals surface area contributed by atoms with Crippen LogP contribution in [0.3, 0.4) is 0 Å². The summed E-state index contributed by atoms with van der Waals surface area (Å²) in [6.07, 6.45) is 4.89. The van der Waals surface area contributed by atoms with Crippen molar-refractivity contribution in [3.8, 4) is 5.69 Å². The first-order valence-corrected chi connectivity index (χ1v) is 7.71. The Morgan fingerprint density at radius 2 is 2.12 bits per heavy atom. The summed E-state index contributed by atoms with van der Waals surface area (Å²) in [7, 11) is 3.36. The summed E-state index contributed by atoms with van der Waals surface area (Å²) < 4.78 is 21.2. The Morgan fingerprint density at radius 1 is 1.36 bits per heavy atom. The van der Waals surface area contributed by atoms with Gasteiger partial charge in [-0.2, -0.15) is 0 Å². The largest absolute Gasteiger partial charge is 0.377 e. The van der Waals surface area contributed by atoms with Gasteiger partial charge in [-0.25, -0.2) is 9.37 Å². The summed E-state index contributed by atoms with van der Waals surface area (Å²) in [5.74, 6) is 0.343. The molecule has 6 nitrogen and oxygen atoms in total. The van der Waals surface area contributed by atoms with Crippen molar-refractivity contribution in [2.75, 3.05) is 20.7 Å². The molecule has 2 rings (SSSR count). The van der Waals surface area contributed by atoms with E-state index in [4.69, 9.17) is 4.74 Å². The molecule has 0 bridgehead atoms. The average molecular weight is 461 g/mol. The fraction of sp³-hybridized carbons (Fsp3) is 0.412. The topological polar surface area (TPSA) is 63.5 Å². The first-order chi connectivity index (χ1) is 11.4. The van der Waals surface area contributed by atoms with E-state index in [1.807, 2.05) is 19.9 Å². The second-order valence-corrected chi connectivity index (χ2v) is 6.00. The summed E-state index contributed by atoms with van der Waals surface area (Å²) in [4.78, 5) is 8.08. The van der Waals surface area contributed by atoms with Gasteiger partial charge in [0.1, 0.15) is 5.82 Å². The Labute approximate surface area is 164 Å². The standard InChI is InChI=1S/C17H24FN5O.HI/c1-17(2,24-4)11-22-16(19-3)21-10-13-5-6-15(14(18)9-13)23-8-7-20-12-23;/h5-9,12H,10-11H2,1-4H3,(H2,19,21,22);1H. The van der Waals surface area contributed by atoms with Crippen LogP contribution in [-0.4, -0.2) is 41.8 Å². The molecule has 1 aromatic heterocycles. The molecule has 1 heterocycles. The predicted octanol–water partition coefficient (Wildman–Crippen LogP) is 2.72. The number of aliphatic imine (C=N–C) groups is 1. The highest BCUT2D eigenvalue weighted by molar-refractivity contribution is 14.0. The highest BCUT2D eigenvalue weighted by Crippen LogP contribution is 2.14. The van der Waals surface area contributed by atoms with E-state index >= 15 is 0 Å². The number of hydrogen-bond acceptors (Lipinski definition) is 3. The zero-order valence-corrected chi connectivity index (χ0v) is 17.2. The van der Waals surface area contributed by atoms with Gasteiger partial charge >= 0.3 is 0 Å². The predicted molar refractivity (Wildman–Crippen MR) is 108 cm³/mol. The van der Waals surface area contributed by atoms with Crippen LogP contribution in [0.4, 0.5) is 4.39 Å². The number of nitrogens with one attached hydrogen (secondary N) is 2. The van der Waals surface area contributed by atoms with Gasteiger partial charge in [-0.05, 0) is 31.5 Å². The maximum atomic E-state index is 14.2. The molecule has 0 radical (unpaired) electrons. The number of benzene rings is 1. The Bertz CT molecular complexity index is 688. The molecule has 0 saturated heterocycles. The van der Waals surface area contributed by atoms with Crippen molar-refractivity contribution in [2.24, 2.45) is 4.99 Å². The van der Waals surface area contributed by atoms with Crippen molar-refractivity contribution in [2.45, 2.75) is 26.0 Å². The Balaban J connectivity index is 0.00000312. The fourth-order valence-corrected chi connectivity index (χ4v) is 2.05. The van der Waals surface area contributed by atoms with E-state index in [0.29, 0.717) is 24.7 Å². The minimum absolute atomic E-state index is 0. The summed E-state index contributed by atoms with van der Waals surface area (Å²) in [6, 6.07) is 5.12. The van der Waals surface area contributed by atoms with Gasteiger partial charge in [-0.15, -0.1) is 24.0 Å². The van der Waals surface area contributed by atoms with Crippen molar-refractivity contribution >= 4 is 29.9 Å². The molecule has 138 valence electrons. The number of guanidine groups is 1. The Hall–Kier alpha value is -1.68. The lowest BCUT2D eigenvalue weighted by molar-refractivity contribution is 0.0268. The molecule has 0 unspecified atom stereocenters. The molecule has 0 saturated carbocycles. The number of nitrogens with zero attached hydrogens (tertiary/aromatic N) is 3. The molecule has 0 spiro atoms. The van der Waals surface area contributed by atoms with Gasteiger partial charge in [-0.3, -0.25) is 4.99 Å². The van der Waals surface area contributed by atoms with E-state index in [9.17, 15) is 4.39 Å². The third-order valence-electron chi connectivity index (χ3n) is 3.71. The number of ether oxygens (including phenoxy) is 1. The molecule has 2 N–H and O–H groups in total. The summed E-state index contributed by atoms with van der Waals surface area (Å²) in [5.41, 5.74) is 1.00. The minimum Gasteiger partial charge on any atom is -0.377 e. The molecular formula is C17H25FIN5O. The average Bonchev–Trinajstić information content (AvgIpc) is 3.09. The normalized spacial score (nSPS) is 11.8. The lowest BCUT2D eigenvalue weighted by atomic mass is 10.1. The molecular weight excluding hydrogens is 436 g/mol. The number of rotatable bonds is 6. The molecule has 1 aromatic carbocycles. The smallest absolute Gasteiger partial charge is 0.191 e. The minimum atomic E-state index is -0.296. The van der Waals surface area contributed by atoms with Crippen molar-refractivity contribution in [3.05, 3.63) is 48.3 Å². The zero-order chi connectivity index (χ0) is 17.6. The van der Waals surface area contributed by atoms with Gasteiger partial charge in [0, 0.05) is 39.6 Å². The number of imidazole rings is 1. The van der Waals surface area contributed by atoms with Gasteiger partial charge < -0.3 is 19.9 Å². The van der Waals surface area contributed by atoms with Crippen molar-refractivity contribution < 1.29 is 9.13 Å². The summed E-state index contributed by atoms with van der Waals surface area (Å²) in [6.45, 7) is 5.04. The second kappa shape index (κ2) is 9.71. The number of halogens is 2. The monoisotopic (exact) mass is 461 g/mol. The maximum Gasteiger partial charge on any atom is 0.191 e. The van der Waals surface area contributed by atoms with Crippen LogP contribution in [0.25, 0.3) is 5.69 Å². The van der Waals surface area contributed by atoms with Crippen LogP contribution in [0.15, 0.2) is 41.9 Å². The number of methoxy groups -OCH3 is 1. The highest BCUT2D eigenvalue weighted by Gasteiger charge is 2.16. The van der Waals surface area contributed by atoms with Gasteiger partial charge in [-0.1, -0.05) is 6.07 Å². The zero-order valence-electron chi connectivity index (χ0n) is 14.9. The van der Waals surface area contributed by atoms with Crippen LogP contribution in [-0.2, 0) is 11.3 Å². The lowest BCUT2D eigenvalue weighted by Gasteiger charge is -2.24. The molecule has 0 aliphatic rings. The van der Waals surface area contributed by atoms with E-state index in [-0.39, 0.29) is 35.4 Å². The van der Waals surface area contributed by atoms with Gasteiger partial charge in [0.05, 0.1) is 17.6 Å². The van der Waals surface area contributed by atoms with E-state index in [0.717, 1.165) is 5.56 Å². The van der Waals surface area contributed by atoms with E-state index in [1.165, 1.54) is 6.07 Å². The van der Waals surface area contributed by atoms with Crippen LogP contribution in [0.5, 0.6) is 0 Å². The van der Waals surface area contributed by atoms with Crippen molar-refractivity contribution in [1.82, 2.24) is 20.2 Å². The molecule has 0 aliphatic heterocycles. The first-order valence-electron chi connectivity index (χ1n) is 7.71. The third-order valence-corrected chi connectivity index (χ3v) is 3.71. The highest BCUT2D eigenvalue weighted by atomic mass is 127. The van der Waals surface area contributed by atoms with Gasteiger partial charge in [0.25, 0.3) is 0 Å². The van der Waals surface area contributed by atoms with Crippen molar-refractivity contribution in [1.29, 1.82) is 0 Å². The summed E-state index contributed by atoms with van der Waals surface area (Å²) in [5, 5.41) is 6.35. The van der Waals surface area contributed by atoms with Crippen molar-refractivity contribution in [3.63, 3.8) is 0 Å². The maximum absolute atomic E-state index is 14.2. The molecule has 2 aromatic rings. The van der Waals surface area contributed by atoms with Crippen LogP contribution < -0.4 is 10.6 Å². The molecule has 0 atom stereocenters. The molecule has 0 fully saturated rings. The first kappa shape index (κ1) is 21.4.